The van der Waals surface area contributed by atoms with Crippen molar-refractivity contribution in [3.63, 3.8) is 0 Å². The third-order valence-electron chi connectivity index (χ3n) is 5.33. The highest BCUT2D eigenvalue weighted by atomic mass is 32.1. The summed E-state index contributed by atoms with van der Waals surface area (Å²) in [6.07, 6.45) is 1.87. The Balaban J connectivity index is 1.85. The van der Waals surface area contributed by atoms with Crippen LogP contribution in [0.1, 0.15) is 29.7 Å². The second-order valence-electron chi connectivity index (χ2n) is 7.40. The van der Waals surface area contributed by atoms with E-state index >= 15 is 0 Å². The predicted molar refractivity (Wildman–Crippen MR) is 132 cm³/mol. The number of carbonyl (C=O) groups excluding carboxylic acids is 1. The van der Waals surface area contributed by atoms with Gasteiger partial charge in [-0.3, -0.25) is 9.36 Å². The molecule has 5 rings (SSSR count). The largest absolute Gasteiger partial charge is 0.463 e. The SMILES string of the molecule is CCOC(=O)C1=C(c2ccccc2)N=c2s/c(=C/c3ccsc3)c(=O)n2[C@H]1c1ccccc1. The quantitative estimate of drug-likeness (QED) is 0.413. The summed E-state index contributed by atoms with van der Waals surface area (Å²) in [6.45, 7) is 2.00. The molecule has 0 aliphatic carbocycles. The molecule has 3 heterocycles. The summed E-state index contributed by atoms with van der Waals surface area (Å²) >= 11 is 2.91. The van der Waals surface area contributed by atoms with Gasteiger partial charge in [0.15, 0.2) is 4.80 Å². The van der Waals surface area contributed by atoms with E-state index < -0.39 is 12.0 Å². The van der Waals surface area contributed by atoms with Crippen LogP contribution in [0.3, 0.4) is 0 Å². The Hall–Kier alpha value is -3.55. The van der Waals surface area contributed by atoms with E-state index in [-0.39, 0.29) is 12.2 Å². The molecule has 0 N–H and O–H groups in total. The third-order valence-corrected chi connectivity index (χ3v) is 7.01. The fourth-order valence-electron chi connectivity index (χ4n) is 3.90. The molecule has 1 aliphatic heterocycles. The van der Waals surface area contributed by atoms with Crippen LogP contribution in [-0.4, -0.2) is 17.1 Å². The van der Waals surface area contributed by atoms with Gasteiger partial charge in [0.1, 0.15) is 0 Å². The van der Waals surface area contributed by atoms with Gasteiger partial charge < -0.3 is 4.74 Å². The van der Waals surface area contributed by atoms with Crippen LogP contribution in [-0.2, 0) is 9.53 Å². The zero-order valence-electron chi connectivity index (χ0n) is 17.8. The van der Waals surface area contributed by atoms with Crippen LogP contribution in [0.4, 0.5) is 0 Å². The van der Waals surface area contributed by atoms with Gasteiger partial charge in [0.05, 0.1) is 28.5 Å². The molecular formula is C26H20N2O3S2. The standard InChI is InChI=1S/C26H20N2O3S2/c1-2-31-25(30)21-22(18-9-5-3-6-10-18)27-26-28(23(21)19-11-7-4-8-12-19)24(29)20(33-26)15-17-13-14-32-16-17/h3-16,23H,2H2,1H3/b20-15+/t23-/m0/s1. The van der Waals surface area contributed by atoms with Crippen LogP contribution < -0.4 is 14.9 Å². The molecule has 0 spiro atoms. The van der Waals surface area contributed by atoms with Crippen LogP contribution in [0.5, 0.6) is 0 Å². The fraction of sp³-hybridized carbons (Fsp3) is 0.115. The zero-order chi connectivity index (χ0) is 22.8. The summed E-state index contributed by atoms with van der Waals surface area (Å²) in [5, 5.41) is 3.97. The van der Waals surface area contributed by atoms with E-state index in [2.05, 4.69) is 0 Å². The maximum absolute atomic E-state index is 13.6. The molecule has 2 aromatic carbocycles. The number of hydrogen-bond donors (Lipinski definition) is 0. The molecule has 164 valence electrons. The van der Waals surface area contributed by atoms with E-state index in [1.165, 1.54) is 11.3 Å². The lowest BCUT2D eigenvalue weighted by Gasteiger charge is -2.25. The molecule has 0 saturated carbocycles. The number of benzene rings is 2. The van der Waals surface area contributed by atoms with Crippen molar-refractivity contribution < 1.29 is 9.53 Å². The molecule has 0 saturated heterocycles. The molecule has 33 heavy (non-hydrogen) atoms. The van der Waals surface area contributed by atoms with E-state index in [0.717, 1.165) is 16.7 Å². The van der Waals surface area contributed by atoms with Gasteiger partial charge >= 0.3 is 5.97 Å². The minimum Gasteiger partial charge on any atom is -0.463 e. The van der Waals surface area contributed by atoms with E-state index in [1.807, 2.05) is 83.6 Å². The van der Waals surface area contributed by atoms with E-state index in [9.17, 15) is 9.59 Å². The van der Waals surface area contributed by atoms with Gasteiger partial charge in [-0.2, -0.15) is 11.3 Å². The highest BCUT2D eigenvalue weighted by Gasteiger charge is 2.34. The average Bonchev–Trinajstić information content (AvgIpc) is 3.47. The second-order valence-corrected chi connectivity index (χ2v) is 9.19. The Morgan fingerprint density at radius 2 is 1.82 bits per heavy atom. The summed E-state index contributed by atoms with van der Waals surface area (Å²) in [5.41, 5.74) is 3.32. The molecule has 2 aromatic heterocycles. The first-order chi connectivity index (χ1) is 16.2. The number of aromatic nitrogens is 1. The normalized spacial score (nSPS) is 15.8. The smallest absolute Gasteiger partial charge is 0.338 e. The Labute approximate surface area is 198 Å². The Kier molecular flexibility index (Phi) is 5.90. The second kappa shape index (κ2) is 9.13. The number of fused-ring (bicyclic) bond motifs is 1. The van der Waals surface area contributed by atoms with Gasteiger partial charge in [0.2, 0.25) is 0 Å². The van der Waals surface area contributed by atoms with Crippen molar-refractivity contribution in [3.8, 4) is 0 Å². The monoisotopic (exact) mass is 472 g/mol. The molecule has 0 bridgehead atoms. The maximum Gasteiger partial charge on any atom is 0.338 e. The van der Waals surface area contributed by atoms with Crippen molar-refractivity contribution in [2.24, 2.45) is 4.99 Å². The van der Waals surface area contributed by atoms with Crippen molar-refractivity contribution in [1.82, 2.24) is 4.57 Å². The van der Waals surface area contributed by atoms with E-state index in [4.69, 9.17) is 9.73 Å². The number of nitrogens with zero attached hydrogens (tertiary/aromatic N) is 2. The summed E-state index contributed by atoms with van der Waals surface area (Å²) in [4.78, 5) is 32.3. The number of ether oxygens (including phenoxy) is 1. The predicted octanol–water partition coefficient (Wildman–Crippen LogP) is 4.00. The van der Waals surface area contributed by atoms with Crippen LogP contribution in [0.25, 0.3) is 11.8 Å². The molecule has 5 nitrogen and oxygen atoms in total. The van der Waals surface area contributed by atoms with Crippen molar-refractivity contribution in [1.29, 1.82) is 0 Å². The lowest BCUT2D eigenvalue weighted by atomic mass is 9.93. The van der Waals surface area contributed by atoms with Gasteiger partial charge in [0, 0.05) is 5.56 Å². The van der Waals surface area contributed by atoms with Crippen LogP contribution in [0.2, 0.25) is 0 Å². The Morgan fingerprint density at radius 3 is 2.48 bits per heavy atom. The molecule has 0 amide bonds. The van der Waals surface area contributed by atoms with Gasteiger partial charge in [-0.25, -0.2) is 9.79 Å². The zero-order valence-corrected chi connectivity index (χ0v) is 19.4. The number of hydrogen-bond acceptors (Lipinski definition) is 6. The Bertz CT molecular complexity index is 1500. The number of carbonyl (C=O) groups is 1. The molecule has 1 atom stereocenters. The number of thiazole rings is 1. The van der Waals surface area contributed by atoms with Crippen LogP contribution >= 0.6 is 22.7 Å². The van der Waals surface area contributed by atoms with E-state index in [0.29, 0.717) is 20.6 Å². The fourth-order valence-corrected chi connectivity index (χ4v) is 5.52. The lowest BCUT2D eigenvalue weighted by molar-refractivity contribution is -0.138. The molecule has 0 fully saturated rings. The highest BCUT2D eigenvalue weighted by molar-refractivity contribution is 7.08. The number of thiophene rings is 1. The first kappa shape index (κ1) is 21.3. The lowest BCUT2D eigenvalue weighted by Crippen LogP contribution is -2.39. The van der Waals surface area contributed by atoms with Crippen LogP contribution in [0.15, 0.2) is 92.9 Å². The third kappa shape index (κ3) is 4.01. The van der Waals surface area contributed by atoms with Crippen molar-refractivity contribution in [2.45, 2.75) is 13.0 Å². The minimum atomic E-state index is -0.638. The summed E-state index contributed by atoms with van der Waals surface area (Å²) in [6, 6.07) is 20.5. The number of esters is 1. The van der Waals surface area contributed by atoms with Crippen LogP contribution in [0, 0.1) is 0 Å². The average molecular weight is 473 g/mol. The molecular weight excluding hydrogens is 452 g/mol. The summed E-state index contributed by atoms with van der Waals surface area (Å²) < 4.78 is 7.65. The first-order valence-corrected chi connectivity index (χ1v) is 12.3. The summed E-state index contributed by atoms with van der Waals surface area (Å²) in [7, 11) is 0. The van der Waals surface area contributed by atoms with Gasteiger partial charge in [0.25, 0.3) is 5.56 Å². The molecule has 1 aliphatic rings. The van der Waals surface area contributed by atoms with Crippen molar-refractivity contribution >= 4 is 40.4 Å². The first-order valence-electron chi connectivity index (χ1n) is 10.5. The highest BCUT2D eigenvalue weighted by Crippen LogP contribution is 2.34. The molecule has 7 heteroatoms. The van der Waals surface area contributed by atoms with Gasteiger partial charge in [-0.1, -0.05) is 72.0 Å². The van der Waals surface area contributed by atoms with Gasteiger partial charge in [-0.05, 0) is 41.0 Å². The van der Waals surface area contributed by atoms with Crippen molar-refractivity contribution in [3.05, 3.63) is 119 Å². The van der Waals surface area contributed by atoms with Gasteiger partial charge in [-0.15, -0.1) is 0 Å². The van der Waals surface area contributed by atoms with E-state index in [1.54, 1.807) is 22.8 Å². The molecule has 0 radical (unpaired) electrons. The minimum absolute atomic E-state index is 0.173. The Morgan fingerprint density at radius 1 is 1.09 bits per heavy atom. The number of rotatable bonds is 5. The maximum atomic E-state index is 13.6. The molecule has 4 aromatic rings. The topological polar surface area (TPSA) is 60.7 Å². The van der Waals surface area contributed by atoms with Crippen molar-refractivity contribution in [2.75, 3.05) is 6.61 Å². The summed E-state index contributed by atoms with van der Waals surface area (Å²) in [5.74, 6) is -0.471. The molecule has 0 unspecified atom stereocenters.